The molecular formula is C13H9BrF2N2O2. The number of aromatic carboxylic acids is 1. The molecule has 0 radical (unpaired) electrons. The highest BCUT2D eigenvalue weighted by molar-refractivity contribution is 9.10. The number of hydrogen-bond acceptors (Lipinski definition) is 3. The van der Waals surface area contributed by atoms with E-state index >= 15 is 0 Å². The van der Waals surface area contributed by atoms with Gasteiger partial charge in [-0.05, 0) is 34.1 Å². The third-order valence-electron chi connectivity index (χ3n) is 2.54. The lowest BCUT2D eigenvalue weighted by Gasteiger charge is -2.08. The topological polar surface area (TPSA) is 62.2 Å². The average Bonchev–Trinajstić information content (AvgIpc) is 2.42. The smallest absolute Gasteiger partial charge is 0.337 e. The quantitative estimate of drug-likeness (QED) is 0.835. The summed E-state index contributed by atoms with van der Waals surface area (Å²) in [6, 6.07) is 4.96. The predicted octanol–water partition coefficient (Wildman–Crippen LogP) is 3.43. The van der Waals surface area contributed by atoms with Gasteiger partial charge in [-0.3, -0.25) is 4.98 Å². The molecule has 7 heteroatoms. The van der Waals surface area contributed by atoms with E-state index in [1.807, 2.05) is 0 Å². The maximum atomic E-state index is 13.5. The van der Waals surface area contributed by atoms with Crippen LogP contribution in [0.25, 0.3) is 0 Å². The number of nitrogens with zero attached hydrogens (tertiary/aromatic N) is 1. The standard InChI is InChI=1S/C13H9BrF2N2O2/c14-9-3-11(16)12(4-10(9)15)18-6-8-2-1-7(5-17-8)13(19)20/h1-5,18H,6H2,(H,19,20). The molecule has 1 aromatic heterocycles. The summed E-state index contributed by atoms with van der Waals surface area (Å²) in [5.41, 5.74) is 0.585. The van der Waals surface area contributed by atoms with Gasteiger partial charge in [-0.25, -0.2) is 13.6 Å². The molecule has 1 heterocycles. The van der Waals surface area contributed by atoms with Crippen molar-refractivity contribution in [1.29, 1.82) is 0 Å². The molecule has 0 fully saturated rings. The van der Waals surface area contributed by atoms with Crippen LogP contribution in [0.4, 0.5) is 14.5 Å². The fourth-order valence-electron chi connectivity index (χ4n) is 1.50. The van der Waals surface area contributed by atoms with Gasteiger partial charge >= 0.3 is 5.97 Å². The van der Waals surface area contributed by atoms with Gasteiger partial charge in [-0.1, -0.05) is 0 Å². The largest absolute Gasteiger partial charge is 0.478 e. The van der Waals surface area contributed by atoms with Crippen LogP contribution in [0, 0.1) is 11.6 Å². The molecule has 0 aliphatic heterocycles. The Morgan fingerprint density at radius 3 is 2.65 bits per heavy atom. The number of carboxylic acids is 1. The van der Waals surface area contributed by atoms with Crippen LogP contribution >= 0.6 is 15.9 Å². The molecule has 0 saturated heterocycles. The summed E-state index contributed by atoms with van der Waals surface area (Å²) in [5.74, 6) is -2.25. The maximum absolute atomic E-state index is 13.5. The first-order valence-electron chi connectivity index (χ1n) is 5.54. The zero-order chi connectivity index (χ0) is 14.7. The zero-order valence-electron chi connectivity index (χ0n) is 10.0. The van der Waals surface area contributed by atoms with Crippen molar-refractivity contribution in [2.45, 2.75) is 6.54 Å². The van der Waals surface area contributed by atoms with Gasteiger partial charge in [-0.15, -0.1) is 0 Å². The Hall–Kier alpha value is -2.02. The van der Waals surface area contributed by atoms with Gasteiger partial charge in [-0.2, -0.15) is 0 Å². The van der Waals surface area contributed by atoms with Crippen LogP contribution in [0.3, 0.4) is 0 Å². The van der Waals surface area contributed by atoms with Crippen molar-refractivity contribution in [3.63, 3.8) is 0 Å². The van der Waals surface area contributed by atoms with Crippen LogP contribution in [-0.2, 0) is 6.54 Å². The lowest BCUT2D eigenvalue weighted by Crippen LogP contribution is -2.05. The molecule has 0 aliphatic rings. The Morgan fingerprint density at radius 2 is 2.05 bits per heavy atom. The van der Waals surface area contributed by atoms with Crippen LogP contribution in [0.1, 0.15) is 16.1 Å². The van der Waals surface area contributed by atoms with Crippen LogP contribution in [0.5, 0.6) is 0 Å². The first-order valence-corrected chi connectivity index (χ1v) is 6.33. The number of carbonyl (C=O) groups is 1. The highest BCUT2D eigenvalue weighted by Gasteiger charge is 2.08. The van der Waals surface area contributed by atoms with Crippen molar-refractivity contribution in [2.75, 3.05) is 5.32 Å². The molecule has 0 bridgehead atoms. The van der Waals surface area contributed by atoms with Crippen molar-refractivity contribution in [2.24, 2.45) is 0 Å². The van der Waals surface area contributed by atoms with Crippen LogP contribution in [-0.4, -0.2) is 16.1 Å². The molecule has 2 N–H and O–H groups in total. The van der Waals surface area contributed by atoms with Gasteiger partial charge in [0.15, 0.2) is 0 Å². The Balaban J connectivity index is 2.09. The first-order chi connectivity index (χ1) is 9.47. The number of benzene rings is 1. The van der Waals surface area contributed by atoms with Crippen molar-refractivity contribution < 1.29 is 18.7 Å². The van der Waals surface area contributed by atoms with Gasteiger partial charge in [0, 0.05) is 12.3 Å². The van der Waals surface area contributed by atoms with Gasteiger partial charge in [0.2, 0.25) is 0 Å². The number of pyridine rings is 1. The van der Waals surface area contributed by atoms with E-state index in [1.54, 1.807) is 0 Å². The molecular weight excluding hydrogens is 334 g/mol. The average molecular weight is 343 g/mol. The molecule has 1 aromatic carbocycles. The molecule has 0 unspecified atom stereocenters. The van der Waals surface area contributed by atoms with Gasteiger partial charge in [0.1, 0.15) is 11.6 Å². The van der Waals surface area contributed by atoms with Crippen LogP contribution in [0.2, 0.25) is 0 Å². The van der Waals surface area contributed by atoms with E-state index in [-0.39, 0.29) is 22.3 Å². The number of nitrogens with one attached hydrogen (secondary N) is 1. The summed E-state index contributed by atoms with van der Waals surface area (Å²) < 4.78 is 26.9. The highest BCUT2D eigenvalue weighted by Crippen LogP contribution is 2.23. The summed E-state index contributed by atoms with van der Waals surface area (Å²) >= 11 is 2.89. The molecule has 2 rings (SSSR count). The van der Waals surface area contributed by atoms with Gasteiger partial charge < -0.3 is 10.4 Å². The fourth-order valence-corrected chi connectivity index (χ4v) is 1.81. The highest BCUT2D eigenvalue weighted by atomic mass is 79.9. The lowest BCUT2D eigenvalue weighted by molar-refractivity contribution is 0.0696. The summed E-state index contributed by atoms with van der Waals surface area (Å²) in [4.78, 5) is 14.6. The molecule has 4 nitrogen and oxygen atoms in total. The third-order valence-corrected chi connectivity index (χ3v) is 3.15. The number of halogens is 3. The molecule has 0 amide bonds. The Kier molecular flexibility index (Phi) is 4.29. The summed E-state index contributed by atoms with van der Waals surface area (Å²) in [6.07, 6.45) is 1.21. The van der Waals surface area contributed by atoms with E-state index < -0.39 is 17.6 Å². The maximum Gasteiger partial charge on any atom is 0.337 e. The van der Waals surface area contributed by atoms with Crippen molar-refractivity contribution in [3.05, 3.63) is 57.8 Å². The van der Waals surface area contributed by atoms with E-state index in [2.05, 4.69) is 26.2 Å². The lowest BCUT2D eigenvalue weighted by atomic mass is 10.2. The number of aromatic nitrogens is 1. The fraction of sp³-hybridized carbons (Fsp3) is 0.0769. The molecule has 0 aliphatic carbocycles. The van der Waals surface area contributed by atoms with E-state index in [4.69, 9.17) is 5.11 Å². The third kappa shape index (κ3) is 3.30. The SMILES string of the molecule is O=C(O)c1ccc(CNc2cc(F)c(Br)cc2F)nc1. The van der Waals surface area contributed by atoms with Crippen molar-refractivity contribution in [3.8, 4) is 0 Å². The van der Waals surface area contributed by atoms with Gasteiger partial charge in [0.25, 0.3) is 0 Å². The Labute approximate surface area is 121 Å². The first kappa shape index (κ1) is 14.4. The second kappa shape index (κ2) is 5.96. The summed E-state index contributed by atoms with van der Waals surface area (Å²) in [7, 11) is 0. The predicted molar refractivity (Wildman–Crippen MR) is 72.6 cm³/mol. The monoisotopic (exact) mass is 342 g/mol. The second-order valence-corrected chi connectivity index (χ2v) is 4.80. The summed E-state index contributed by atoms with van der Waals surface area (Å²) in [6.45, 7) is 0.151. The number of hydrogen-bond donors (Lipinski definition) is 2. The molecule has 0 spiro atoms. The van der Waals surface area contributed by atoms with Crippen LogP contribution in [0.15, 0.2) is 34.9 Å². The number of anilines is 1. The molecule has 104 valence electrons. The van der Waals surface area contributed by atoms with E-state index in [9.17, 15) is 13.6 Å². The number of carboxylic acid groups (broad SMARTS) is 1. The zero-order valence-corrected chi connectivity index (χ0v) is 11.6. The van der Waals surface area contributed by atoms with E-state index in [1.165, 1.54) is 18.3 Å². The molecule has 2 aromatic rings. The number of rotatable bonds is 4. The molecule has 0 saturated carbocycles. The van der Waals surface area contributed by atoms with E-state index in [0.717, 1.165) is 12.1 Å². The second-order valence-electron chi connectivity index (χ2n) is 3.94. The van der Waals surface area contributed by atoms with Crippen molar-refractivity contribution in [1.82, 2.24) is 4.98 Å². The van der Waals surface area contributed by atoms with E-state index in [0.29, 0.717) is 5.69 Å². The van der Waals surface area contributed by atoms with Crippen LogP contribution < -0.4 is 5.32 Å². The normalized spacial score (nSPS) is 10.3. The molecule has 0 atom stereocenters. The Morgan fingerprint density at radius 1 is 1.30 bits per heavy atom. The Bertz CT molecular complexity index is 648. The minimum atomic E-state index is -1.07. The molecule has 20 heavy (non-hydrogen) atoms. The van der Waals surface area contributed by atoms with Gasteiger partial charge in [0.05, 0.1) is 28.0 Å². The minimum absolute atomic E-state index is 0.00908. The minimum Gasteiger partial charge on any atom is -0.478 e. The van der Waals surface area contributed by atoms with Crippen molar-refractivity contribution >= 4 is 27.6 Å². The summed E-state index contributed by atoms with van der Waals surface area (Å²) in [5, 5.41) is 11.4.